The Labute approximate surface area is 215 Å². The molecule has 2 aliphatic heterocycles. The molecule has 3 unspecified atom stereocenters. The number of halogens is 1. The highest BCUT2D eigenvalue weighted by molar-refractivity contribution is 6.34. The molecule has 194 valence electrons. The minimum Gasteiger partial charge on any atom is -0.493 e. The van der Waals surface area contributed by atoms with Gasteiger partial charge < -0.3 is 30.0 Å². The number of amides is 2. The number of rotatable bonds is 8. The van der Waals surface area contributed by atoms with Crippen molar-refractivity contribution >= 4 is 29.1 Å². The van der Waals surface area contributed by atoms with Crippen LogP contribution < -0.4 is 24.8 Å². The molecule has 0 radical (unpaired) electrons. The number of aliphatic hydroxyl groups is 1. The first-order valence-electron chi connectivity index (χ1n) is 11.9. The van der Waals surface area contributed by atoms with Crippen LogP contribution in [0.2, 0.25) is 5.02 Å². The van der Waals surface area contributed by atoms with Crippen molar-refractivity contribution in [2.24, 2.45) is 5.73 Å². The summed E-state index contributed by atoms with van der Waals surface area (Å²) in [5.74, 6) is 0.272. The van der Waals surface area contributed by atoms with Crippen LogP contribution >= 0.6 is 11.6 Å². The zero-order chi connectivity index (χ0) is 26.0. The van der Waals surface area contributed by atoms with Gasteiger partial charge in [0.2, 0.25) is 11.7 Å². The summed E-state index contributed by atoms with van der Waals surface area (Å²) in [4.78, 5) is 29.3. The molecular weight excluding hydrogens is 486 g/mol. The quantitative estimate of drug-likeness (QED) is 0.552. The van der Waals surface area contributed by atoms with Crippen LogP contribution in [0.3, 0.4) is 0 Å². The normalized spacial score (nSPS) is 23.6. The van der Waals surface area contributed by atoms with Gasteiger partial charge in [0.25, 0.3) is 5.91 Å². The Bertz CT molecular complexity index is 1120. The van der Waals surface area contributed by atoms with Crippen molar-refractivity contribution < 1.29 is 28.9 Å². The summed E-state index contributed by atoms with van der Waals surface area (Å²) in [6.45, 7) is -0.0270. The van der Waals surface area contributed by atoms with Crippen molar-refractivity contribution in [2.45, 2.75) is 49.9 Å². The van der Waals surface area contributed by atoms with E-state index in [1.807, 2.05) is 6.07 Å². The molecule has 2 fully saturated rings. The molecule has 2 saturated heterocycles. The van der Waals surface area contributed by atoms with E-state index in [1.165, 1.54) is 21.3 Å². The topological polar surface area (TPSA) is 115 Å². The average molecular weight is 518 g/mol. The van der Waals surface area contributed by atoms with Gasteiger partial charge in [0, 0.05) is 24.1 Å². The number of nitrogens with two attached hydrogens (primary N) is 1. The lowest BCUT2D eigenvalue weighted by Gasteiger charge is -2.55. The number of methoxy groups -OCH3 is 3. The minimum atomic E-state index is -1.25. The zero-order valence-electron chi connectivity index (χ0n) is 20.7. The molecule has 2 heterocycles. The molecule has 3 atom stereocenters. The molecule has 9 nitrogen and oxygen atoms in total. The second-order valence-corrected chi connectivity index (χ2v) is 9.66. The fourth-order valence-corrected chi connectivity index (χ4v) is 5.83. The van der Waals surface area contributed by atoms with Gasteiger partial charge in [0.15, 0.2) is 11.5 Å². The molecule has 2 amide bonds. The van der Waals surface area contributed by atoms with Gasteiger partial charge in [-0.25, -0.2) is 0 Å². The Balaban J connectivity index is 1.79. The molecule has 36 heavy (non-hydrogen) atoms. The van der Waals surface area contributed by atoms with Gasteiger partial charge in [-0.1, -0.05) is 23.7 Å². The lowest BCUT2D eigenvalue weighted by molar-refractivity contribution is -0.185. The van der Waals surface area contributed by atoms with Gasteiger partial charge in [-0.05, 0) is 49.9 Å². The van der Waals surface area contributed by atoms with Crippen LogP contribution in [-0.4, -0.2) is 67.5 Å². The van der Waals surface area contributed by atoms with Crippen LogP contribution in [0.15, 0.2) is 36.4 Å². The van der Waals surface area contributed by atoms with Crippen molar-refractivity contribution in [3.63, 3.8) is 0 Å². The number of benzene rings is 2. The smallest absolute Gasteiger partial charge is 0.258 e. The maximum absolute atomic E-state index is 14.2. The number of primary amides is 1. The zero-order valence-corrected chi connectivity index (χ0v) is 21.5. The Kier molecular flexibility index (Phi) is 7.63. The second kappa shape index (κ2) is 10.5. The van der Waals surface area contributed by atoms with Crippen LogP contribution in [0.1, 0.15) is 42.5 Å². The highest BCUT2D eigenvalue weighted by Gasteiger charge is 2.50. The van der Waals surface area contributed by atoms with E-state index in [0.29, 0.717) is 46.4 Å². The first-order valence-corrected chi connectivity index (χ1v) is 12.3. The summed E-state index contributed by atoms with van der Waals surface area (Å²) in [6.07, 6.45) is 2.91. The van der Waals surface area contributed by atoms with Crippen molar-refractivity contribution in [1.29, 1.82) is 0 Å². The lowest BCUT2D eigenvalue weighted by Crippen LogP contribution is -2.66. The molecule has 3 N–H and O–H groups in total. The van der Waals surface area contributed by atoms with Crippen LogP contribution in [0.5, 0.6) is 17.2 Å². The summed E-state index contributed by atoms with van der Waals surface area (Å²) in [5.41, 5.74) is 5.09. The third-order valence-electron chi connectivity index (χ3n) is 7.13. The van der Waals surface area contributed by atoms with E-state index in [-0.39, 0.29) is 31.0 Å². The Morgan fingerprint density at radius 1 is 1.17 bits per heavy atom. The number of nitrogens with zero attached hydrogens (tertiary/aromatic N) is 2. The van der Waals surface area contributed by atoms with Crippen molar-refractivity contribution in [1.82, 2.24) is 4.90 Å². The number of ether oxygens (including phenoxy) is 3. The highest BCUT2D eigenvalue weighted by Crippen LogP contribution is 2.45. The van der Waals surface area contributed by atoms with Crippen LogP contribution in [0.4, 0.5) is 5.69 Å². The predicted octanol–water partition coefficient (Wildman–Crippen LogP) is 3.20. The number of carbonyl (C=O) groups excluding carboxylic acids is 2. The van der Waals surface area contributed by atoms with Gasteiger partial charge in [-0.2, -0.15) is 0 Å². The number of piperidine rings is 2. The second-order valence-electron chi connectivity index (χ2n) is 9.26. The first kappa shape index (κ1) is 26.1. The maximum atomic E-state index is 14.2. The number of fused-ring (bicyclic) bond motifs is 2. The number of hydrogen-bond donors (Lipinski definition) is 2. The fraction of sp³-hybridized carbons (Fsp3) is 0.462. The van der Waals surface area contributed by atoms with Crippen LogP contribution in [0.25, 0.3) is 0 Å². The molecule has 2 aromatic rings. The molecule has 0 aromatic heterocycles. The Morgan fingerprint density at radius 2 is 1.83 bits per heavy atom. The van der Waals surface area contributed by atoms with Crippen molar-refractivity contribution in [3.05, 3.63) is 47.0 Å². The van der Waals surface area contributed by atoms with E-state index in [2.05, 4.69) is 0 Å². The molecule has 0 aliphatic carbocycles. The standard InChI is InChI=1S/C26H32ClN3O6/c1-34-21-11-16(12-22(35-2)24(21)36-3)25(32)30(20-9-5-4-8-19(20)27)18-13-17-7-6-10-26(33,14-18)29(17)15-23(28)31/h4-5,8-9,11-12,17-18,33H,6-7,10,13-15H2,1-3H3,(H2,28,31). The Hall–Kier alpha value is -3.01. The van der Waals surface area contributed by atoms with E-state index < -0.39 is 11.6 Å². The summed E-state index contributed by atoms with van der Waals surface area (Å²) in [7, 11) is 4.47. The van der Waals surface area contributed by atoms with Crippen LogP contribution in [0, 0.1) is 0 Å². The molecule has 2 aromatic carbocycles. The number of hydrogen-bond acceptors (Lipinski definition) is 7. The minimum absolute atomic E-state index is 0.0270. The predicted molar refractivity (Wildman–Crippen MR) is 136 cm³/mol. The van der Waals surface area contributed by atoms with Gasteiger partial charge in [0.05, 0.1) is 38.6 Å². The highest BCUT2D eigenvalue weighted by atomic mass is 35.5. The molecule has 2 bridgehead atoms. The van der Waals surface area contributed by atoms with Gasteiger partial charge in [-0.3, -0.25) is 14.5 Å². The van der Waals surface area contributed by atoms with E-state index in [1.54, 1.807) is 40.1 Å². The summed E-state index contributed by atoms with van der Waals surface area (Å²) in [6, 6.07) is 9.85. The largest absolute Gasteiger partial charge is 0.493 e. The fourth-order valence-electron chi connectivity index (χ4n) is 5.60. The average Bonchev–Trinajstić information content (AvgIpc) is 2.84. The summed E-state index contributed by atoms with van der Waals surface area (Å²) >= 11 is 6.59. The Morgan fingerprint density at radius 3 is 2.39 bits per heavy atom. The first-order chi connectivity index (χ1) is 17.2. The lowest BCUT2D eigenvalue weighted by atomic mass is 9.78. The van der Waals surface area contributed by atoms with Gasteiger partial charge >= 0.3 is 0 Å². The molecule has 2 aliphatic rings. The van der Waals surface area contributed by atoms with Crippen LogP contribution in [-0.2, 0) is 4.79 Å². The molecule has 4 rings (SSSR count). The maximum Gasteiger partial charge on any atom is 0.258 e. The van der Waals surface area contributed by atoms with Gasteiger partial charge in [-0.15, -0.1) is 0 Å². The molecular formula is C26H32ClN3O6. The summed E-state index contributed by atoms with van der Waals surface area (Å²) < 4.78 is 16.3. The van der Waals surface area contributed by atoms with E-state index in [9.17, 15) is 14.7 Å². The third-order valence-corrected chi connectivity index (χ3v) is 7.45. The third kappa shape index (κ3) is 4.83. The van der Waals surface area contributed by atoms with Crippen molar-refractivity contribution in [2.75, 3.05) is 32.8 Å². The van der Waals surface area contributed by atoms with Gasteiger partial charge in [0.1, 0.15) is 5.72 Å². The monoisotopic (exact) mass is 517 g/mol. The van der Waals surface area contributed by atoms with E-state index in [0.717, 1.165) is 12.8 Å². The molecule has 0 spiro atoms. The molecule has 10 heteroatoms. The number of carbonyl (C=O) groups is 2. The van der Waals surface area contributed by atoms with E-state index in [4.69, 9.17) is 31.5 Å². The molecule has 0 saturated carbocycles. The SMILES string of the molecule is COc1cc(C(=O)N(c2ccccc2Cl)C2CC3CCCC(O)(C2)N3CC(N)=O)cc(OC)c1OC. The van der Waals surface area contributed by atoms with Crippen molar-refractivity contribution in [3.8, 4) is 17.2 Å². The number of anilines is 1. The number of para-hydroxylation sites is 1. The summed E-state index contributed by atoms with van der Waals surface area (Å²) in [5, 5.41) is 12.0. The van der Waals surface area contributed by atoms with E-state index >= 15 is 0 Å².